The minimum atomic E-state index is 0.0116. The number of hydrazone groups is 1. The van der Waals surface area contributed by atoms with Gasteiger partial charge in [0.1, 0.15) is 11.8 Å². The van der Waals surface area contributed by atoms with E-state index in [2.05, 4.69) is 23.0 Å². The SMILES string of the molecule is C=C(NC)c1ccc2c(n1)CCC1C2=NN(c2ccc(C#N)c(O)c2)C1C1CCCC1. The number of phenols is 1. The van der Waals surface area contributed by atoms with Crippen molar-refractivity contribution in [2.75, 3.05) is 12.1 Å². The molecule has 0 saturated heterocycles. The fraction of sp³-hybridized carbons (Fsp3) is 0.400. The zero-order chi connectivity index (χ0) is 21.5. The molecule has 158 valence electrons. The number of aromatic hydroxyl groups is 1. The van der Waals surface area contributed by atoms with Crippen molar-refractivity contribution >= 4 is 17.1 Å². The summed E-state index contributed by atoms with van der Waals surface area (Å²) in [6.07, 6.45) is 6.92. The molecule has 1 saturated carbocycles. The second-order valence-electron chi connectivity index (χ2n) is 8.74. The summed E-state index contributed by atoms with van der Waals surface area (Å²) in [6, 6.07) is 11.7. The van der Waals surface area contributed by atoms with Crippen molar-refractivity contribution in [2.24, 2.45) is 16.9 Å². The molecule has 0 bridgehead atoms. The normalized spacial score (nSPS) is 22.5. The third-order valence-electron chi connectivity index (χ3n) is 7.06. The van der Waals surface area contributed by atoms with Gasteiger partial charge < -0.3 is 10.4 Å². The highest BCUT2D eigenvalue weighted by atomic mass is 16.3. The molecule has 2 heterocycles. The molecule has 1 aliphatic heterocycles. The van der Waals surface area contributed by atoms with Gasteiger partial charge in [0.25, 0.3) is 0 Å². The van der Waals surface area contributed by atoms with Crippen LogP contribution in [0.5, 0.6) is 5.75 Å². The molecular formula is C25H27N5O. The van der Waals surface area contributed by atoms with Gasteiger partial charge in [-0.3, -0.25) is 9.99 Å². The number of nitriles is 1. The van der Waals surface area contributed by atoms with Crippen LogP contribution in [0.4, 0.5) is 5.69 Å². The highest BCUT2D eigenvalue weighted by Gasteiger charge is 2.45. The summed E-state index contributed by atoms with van der Waals surface area (Å²) < 4.78 is 0. The standard InChI is InChI=1S/C25H27N5O/c1-15(27-2)21-11-9-19-22(28-21)12-10-20-24(19)29-30(25(20)16-5-3-4-6-16)18-8-7-17(14-26)23(31)13-18/h7-9,11,13,16,20,25,27,31H,1,3-6,10,12H2,2H3. The van der Waals surface area contributed by atoms with Crippen LogP contribution in [-0.2, 0) is 6.42 Å². The Morgan fingerprint density at radius 2 is 2.03 bits per heavy atom. The first-order valence-electron chi connectivity index (χ1n) is 11.1. The Labute approximate surface area is 182 Å². The molecule has 2 aromatic rings. The average molecular weight is 414 g/mol. The summed E-state index contributed by atoms with van der Waals surface area (Å²) in [5, 5.41) is 29.8. The van der Waals surface area contributed by atoms with E-state index < -0.39 is 0 Å². The number of pyridine rings is 1. The van der Waals surface area contributed by atoms with Gasteiger partial charge in [0.05, 0.1) is 40.1 Å². The van der Waals surface area contributed by atoms with Crippen LogP contribution in [0.2, 0.25) is 0 Å². The molecule has 3 aliphatic rings. The monoisotopic (exact) mass is 413 g/mol. The minimum absolute atomic E-state index is 0.0116. The second-order valence-corrected chi connectivity index (χ2v) is 8.74. The predicted octanol–water partition coefficient (Wildman–Crippen LogP) is 4.19. The van der Waals surface area contributed by atoms with Gasteiger partial charge in [-0.05, 0) is 55.9 Å². The van der Waals surface area contributed by atoms with Gasteiger partial charge in [-0.25, -0.2) is 0 Å². The van der Waals surface area contributed by atoms with E-state index in [-0.39, 0.29) is 17.4 Å². The van der Waals surface area contributed by atoms with Gasteiger partial charge >= 0.3 is 0 Å². The molecule has 1 aromatic carbocycles. The predicted molar refractivity (Wildman–Crippen MR) is 122 cm³/mol. The van der Waals surface area contributed by atoms with E-state index >= 15 is 0 Å². The van der Waals surface area contributed by atoms with Crippen molar-refractivity contribution in [1.29, 1.82) is 5.26 Å². The van der Waals surface area contributed by atoms with E-state index in [9.17, 15) is 10.4 Å². The van der Waals surface area contributed by atoms with Crippen LogP contribution in [0.3, 0.4) is 0 Å². The summed E-state index contributed by atoms with van der Waals surface area (Å²) >= 11 is 0. The maximum Gasteiger partial charge on any atom is 0.135 e. The lowest BCUT2D eigenvalue weighted by atomic mass is 9.76. The van der Waals surface area contributed by atoms with Gasteiger partial charge in [0.2, 0.25) is 0 Å². The van der Waals surface area contributed by atoms with Crippen LogP contribution in [0, 0.1) is 23.2 Å². The molecule has 5 rings (SSSR count). The molecule has 1 fully saturated rings. The molecule has 2 aliphatic carbocycles. The molecule has 2 N–H and O–H groups in total. The quantitative estimate of drug-likeness (QED) is 0.785. The summed E-state index contributed by atoms with van der Waals surface area (Å²) in [5.74, 6) is 0.952. The lowest BCUT2D eigenvalue weighted by molar-refractivity contribution is 0.352. The first-order chi connectivity index (χ1) is 15.1. The molecule has 6 nitrogen and oxygen atoms in total. The number of nitrogens with one attached hydrogen (secondary N) is 1. The lowest BCUT2D eigenvalue weighted by Gasteiger charge is -2.34. The van der Waals surface area contributed by atoms with Gasteiger partial charge in [0, 0.05) is 24.6 Å². The number of nitrogens with zero attached hydrogens (tertiary/aromatic N) is 4. The maximum atomic E-state index is 10.3. The highest BCUT2D eigenvalue weighted by Crippen LogP contribution is 2.45. The number of hydrogen-bond donors (Lipinski definition) is 2. The van der Waals surface area contributed by atoms with Crippen LogP contribution < -0.4 is 10.3 Å². The van der Waals surface area contributed by atoms with Crippen molar-refractivity contribution in [1.82, 2.24) is 10.3 Å². The number of benzene rings is 1. The lowest BCUT2D eigenvalue weighted by Crippen LogP contribution is -2.40. The molecule has 2 atom stereocenters. The van der Waals surface area contributed by atoms with Gasteiger partial charge in [-0.1, -0.05) is 19.4 Å². The summed E-state index contributed by atoms with van der Waals surface area (Å²) in [6.45, 7) is 4.04. The number of hydrogen-bond acceptors (Lipinski definition) is 6. The topological polar surface area (TPSA) is 84.5 Å². The van der Waals surface area contributed by atoms with Crippen LogP contribution in [0.25, 0.3) is 5.70 Å². The number of phenolic OH excluding ortho intramolecular Hbond substituents is 1. The Hall–Kier alpha value is -3.33. The van der Waals surface area contributed by atoms with Crippen LogP contribution >= 0.6 is 0 Å². The van der Waals surface area contributed by atoms with E-state index in [1.165, 1.54) is 25.7 Å². The molecular weight excluding hydrogens is 386 g/mol. The number of aromatic nitrogens is 1. The highest BCUT2D eigenvalue weighted by molar-refractivity contribution is 6.06. The Morgan fingerprint density at radius 1 is 1.23 bits per heavy atom. The molecule has 0 radical (unpaired) electrons. The first kappa shape index (κ1) is 19.6. The van der Waals surface area contributed by atoms with E-state index in [0.717, 1.165) is 46.9 Å². The molecule has 1 aromatic heterocycles. The summed E-state index contributed by atoms with van der Waals surface area (Å²) in [5.41, 5.74) is 6.15. The van der Waals surface area contributed by atoms with E-state index in [1.54, 1.807) is 12.1 Å². The Morgan fingerprint density at radius 3 is 2.74 bits per heavy atom. The minimum Gasteiger partial charge on any atom is -0.506 e. The number of rotatable bonds is 4. The fourth-order valence-electron chi connectivity index (χ4n) is 5.48. The van der Waals surface area contributed by atoms with Crippen molar-refractivity contribution in [3.8, 4) is 11.8 Å². The molecule has 0 spiro atoms. The van der Waals surface area contributed by atoms with Crippen molar-refractivity contribution < 1.29 is 5.11 Å². The van der Waals surface area contributed by atoms with Gasteiger partial charge in [-0.2, -0.15) is 10.4 Å². The Kier molecular flexibility index (Phi) is 4.90. The van der Waals surface area contributed by atoms with E-state index in [1.807, 2.05) is 25.2 Å². The maximum absolute atomic E-state index is 10.3. The fourth-order valence-corrected chi connectivity index (χ4v) is 5.48. The van der Waals surface area contributed by atoms with Crippen LogP contribution in [0.1, 0.15) is 54.6 Å². The Balaban J connectivity index is 1.57. The van der Waals surface area contributed by atoms with Crippen molar-refractivity contribution in [3.05, 3.63) is 59.4 Å². The van der Waals surface area contributed by atoms with E-state index in [0.29, 0.717) is 11.8 Å². The van der Waals surface area contributed by atoms with E-state index in [4.69, 9.17) is 10.1 Å². The van der Waals surface area contributed by atoms with Gasteiger partial charge in [-0.15, -0.1) is 0 Å². The molecule has 31 heavy (non-hydrogen) atoms. The zero-order valence-corrected chi connectivity index (χ0v) is 17.8. The number of anilines is 1. The second kappa shape index (κ2) is 7.73. The molecule has 6 heteroatoms. The summed E-state index contributed by atoms with van der Waals surface area (Å²) in [4.78, 5) is 4.86. The van der Waals surface area contributed by atoms with Gasteiger partial charge in [0.15, 0.2) is 0 Å². The third-order valence-corrected chi connectivity index (χ3v) is 7.06. The van der Waals surface area contributed by atoms with Crippen LogP contribution in [0.15, 0.2) is 42.0 Å². The Bertz CT molecular complexity index is 1110. The largest absolute Gasteiger partial charge is 0.506 e. The smallest absolute Gasteiger partial charge is 0.135 e. The zero-order valence-electron chi connectivity index (χ0n) is 17.8. The third kappa shape index (κ3) is 3.25. The van der Waals surface area contributed by atoms with Crippen LogP contribution in [-0.4, -0.2) is 28.9 Å². The number of fused-ring (bicyclic) bond motifs is 3. The first-order valence-corrected chi connectivity index (χ1v) is 11.1. The van der Waals surface area contributed by atoms with Crippen molar-refractivity contribution in [3.63, 3.8) is 0 Å². The van der Waals surface area contributed by atoms with Crippen molar-refractivity contribution in [2.45, 2.75) is 44.6 Å². The molecule has 0 amide bonds. The molecule has 2 unspecified atom stereocenters. The summed E-state index contributed by atoms with van der Waals surface area (Å²) in [7, 11) is 1.86. The average Bonchev–Trinajstić information content (AvgIpc) is 3.45. The number of aryl methyl sites for hydroxylation is 1.